The topological polar surface area (TPSA) is 50.8 Å². The number of amides is 1. The average molecular weight is 389 g/mol. The van der Waals surface area contributed by atoms with Gasteiger partial charge in [-0.05, 0) is 49.2 Å². The lowest BCUT2D eigenvalue weighted by atomic mass is 9.96. The smallest absolute Gasteiger partial charge is 0.228 e. The Hall–Kier alpha value is -2.24. The van der Waals surface area contributed by atoms with Gasteiger partial charge in [-0.15, -0.1) is 0 Å². The van der Waals surface area contributed by atoms with Gasteiger partial charge in [0.1, 0.15) is 11.5 Å². The van der Waals surface area contributed by atoms with E-state index < -0.39 is 0 Å². The zero-order chi connectivity index (χ0) is 19.2. The van der Waals surface area contributed by atoms with Crippen LogP contribution in [0.15, 0.2) is 42.5 Å². The number of nitrogens with zero attached hydrogens (tertiary/aromatic N) is 1. The van der Waals surface area contributed by atoms with E-state index in [1.165, 1.54) is 5.56 Å². The molecule has 0 aromatic heterocycles. The number of ether oxygens (including phenoxy) is 2. The van der Waals surface area contributed by atoms with Crippen LogP contribution in [-0.2, 0) is 11.3 Å². The minimum absolute atomic E-state index is 0.0271. The number of piperidine rings is 1. The Labute approximate surface area is 165 Å². The number of rotatable bonds is 6. The molecule has 1 fully saturated rings. The lowest BCUT2D eigenvalue weighted by Gasteiger charge is -2.32. The number of methoxy groups -OCH3 is 2. The average Bonchev–Trinajstić information content (AvgIpc) is 2.70. The van der Waals surface area contributed by atoms with Gasteiger partial charge in [0.25, 0.3) is 0 Å². The molecule has 2 aromatic carbocycles. The van der Waals surface area contributed by atoms with E-state index in [0.29, 0.717) is 17.2 Å². The van der Waals surface area contributed by atoms with Crippen LogP contribution in [0.2, 0.25) is 5.02 Å². The lowest BCUT2D eigenvalue weighted by Crippen LogP contribution is -2.40. The van der Waals surface area contributed by atoms with Crippen LogP contribution < -0.4 is 14.8 Å². The monoisotopic (exact) mass is 388 g/mol. The van der Waals surface area contributed by atoms with Crippen molar-refractivity contribution in [3.05, 3.63) is 53.1 Å². The molecule has 6 heteroatoms. The zero-order valence-corrected chi connectivity index (χ0v) is 16.5. The number of anilines is 1. The van der Waals surface area contributed by atoms with Gasteiger partial charge < -0.3 is 14.8 Å². The standard InChI is InChI=1S/C21H25ClN2O3/c1-26-18-9-10-19(20(12-18)27-2)23-21(25)16-4-3-11-24(14-16)13-15-5-7-17(22)8-6-15/h5-10,12,16H,3-4,11,13-14H2,1-2H3,(H,23,25)/t16-/m1/s1. The minimum atomic E-state index is -0.0436. The largest absolute Gasteiger partial charge is 0.497 e. The molecule has 144 valence electrons. The fourth-order valence-electron chi connectivity index (χ4n) is 3.40. The molecule has 0 unspecified atom stereocenters. The summed E-state index contributed by atoms with van der Waals surface area (Å²) in [5.74, 6) is 1.27. The Morgan fingerprint density at radius 3 is 2.67 bits per heavy atom. The van der Waals surface area contributed by atoms with Crippen molar-refractivity contribution in [2.24, 2.45) is 5.92 Å². The van der Waals surface area contributed by atoms with Gasteiger partial charge in [0.15, 0.2) is 0 Å². The maximum Gasteiger partial charge on any atom is 0.228 e. The summed E-state index contributed by atoms with van der Waals surface area (Å²) in [7, 11) is 3.18. The van der Waals surface area contributed by atoms with Crippen LogP contribution in [0, 0.1) is 5.92 Å². The van der Waals surface area contributed by atoms with E-state index in [-0.39, 0.29) is 11.8 Å². The SMILES string of the molecule is COc1ccc(NC(=O)[C@@H]2CCCN(Cc3ccc(Cl)cc3)C2)c(OC)c1. The summed E-state index contributed by atoms with van der Waals surface area (Å²) < 4.78 is 10.6. The molecule has 3 rings (SSSR count). The third kappa shape index (κ3) is 5.15. The molecule has 1 amide bonds. The van der Waals surface area contributed by atoms with Crippen molar-refractivity contribution < 1.29 is 14.3 Å². The Kier molecular flexibility index (Phi) is 6.58. The van der Waals surface area contributed by atoms with E-state index in [1.807, 2.05) is 36.4 Å². The molecule has 2 aromatic rings. The number of hydrogen-bond donors (Lipinski definition) is 1. The van der Waals surface area contributed by atoms with Crippen LogP contribution in [0.5, 0.6) is 11.5 Å². The molecule has 0 aliphatic carbocycles. The van der Waals surface area contributed by atoms with Crippen molar-refractivity contribution in [1.29, 1.82) is 0 Å². The van der Waals surface area contributed by atoms with Crippen molar-refractivity contribution in [2.75, 3.05) is 32.6 Å². The van der Waals surface area contributed by atoms with E-state index in [0.717, 1.165) is 37.5 Å². The molecule has 0 spiro atoms. The molecule has 1 atom stereocenters. The van der Waals surface area contributed by atoms with Gasteiger partial charge in [0.2, 0.25) is 5.91 Å². The number of nitrogens with one attached hydrogen (secondary N) is 1. The predicted molar refractivity (Wildman–Crippen MR) is 108 cm³/mol. The van der Waals surface area contributed by atoms with E-state index in [9.17, 15) is 4.79 Å². The first kappa shape index (κ1) is 19.5. The van der Waals surface area contributed by atoms with Crippen molar-refractivity contribution in [3.63, 3.8) is 0 Å². The number of likely N-dealkylation sites (tertiary alicyclic amines) is 1. The number of hydrogen-bond acceptors (Lipinski definition) is 4. The van der Waals surface area contributed by atoms with Crippen LogP contribution in [0.3, 0.4) is 0 Å². The highest BCUT2D eigenvalue weighted by molar-refractivity contribution is 6.30. The van der Waals surface area contributed by atoms with Crippen LogP contribution in [0.25, 0.3) is 0 Å². The number of carbonyl (C=O) groups excluding carboxylic acids is 1. The molecule has 1 N–H and O–H groups in total. The lowest BCUT2D eigenvalue weighted by molar-refractivity contribution is -0.121. The molecule has 27 heavy (non-hydrogen) atoms. The molecule has 0 bridgehead atoms. The number of benzene rings is 2. The summed E-state index contributed by atoms with van der Waals surface area (Å²) in [6, 6.07) is 13.3. The van der Waals surface area contributed by atoms with Crippen molar-refractivity contribution >= 4 is 23.2 Å². The van der Waals surface area contributed by atoms with Gasteiger partial charge in [-0.3, -0.25) is 9.69 Å². The van der Waals surface area contributed by atoms with Gasteiger partial charge in [0.05, 0.1) is 25.8 Å². The third-order valence-corrected chi connectivity index (χ3v) is 5.11. The highest BCUT2D eigenvalue weighted by atomic mass is 35.5. The first-order valence-electron chi connectivity index (χ1n) is 9.08. The number of halogens is 1. The van der Waals surface area contributed by atoms with Gasteiger partial charge in [-0.2, -0.15) is 0 Å². The molecule has 1 saturated heterocycles. The molecular formula is C21H25ClN2O3. The Morgan fingerprint density at radius 2 is 1.96 bits per heavy atom. The maximum absolute atomic E-state index is 12.8. The minimum Gasteiger partial charge on any atom is -0.497 e. The molecule has 1 heterocycles. The van der Waals surface area contributed by atoms with Crippen LogP contribution in [0.4, 0.5) is 5.69 Å². The maximum atomic E-state index is 12.8. The van der Waals surface area contributed by atoms with E-state index >= 15 is 0 Å². The number of carbonyl (C=O) groups is 1. The van der Waals surface area contributed by atoms with Gasteiger partial charge in [-0.1, -0.05) is 23.7 Å². The van der Waals surface area contributed by atoms with Gasteiger partial charge >= 0.3 is 0 Å². The summed E-state index contributed by atoms with van der Waals surface area (Å²) in [4.78, 5) is 15.1. The fraction of sp³-hybridized carbons (Fsp3) is 0.381. The van der Waals surface area contributed by atoms with E-state index in [2.05, 4.69) is 10.2 Å². The molecule has 0 saturated carbocycles. The van der Waals surface area contributed by atoms with Crippen molar-refractivity contribution in [1.82, 2.24) is 4.90 Å². The van der Waals surface area contributed by atoms with Gasteiger partial charge in [-0.25, -0.2) is 0 Å². The third-order valence-electron chi connectivity index (χ3n) is 4.86. The Morgan fingerprint density at radius 1 is 1.19 bits per heavy atom. The summed E-state index contributed by atoms with van der Waals surface area (Å²) in [5.41, 5.74) is 1.87. The summed E-state index contributed by atoms with van der Waals surface area (Å²) in [6.07, 6.45) is 1.90. The highest BCUT2D eigenvalue weighted by Crippen LogP contribution is 2.30. The normalized spacial score (nSPS) is 17.4. The predicted octanol–water partition coefficient (Wildman–Crippen LogP) is 4.21. The second kappa shape index (κ2) is 9.11. The molecule has 1 aliphatic rings. The molecule has 5 nitrogen and oxygen atoms in total. The Bertz CT molecular complexity index is 779. The van der Waals surface area contributed by atoms with Crippen molar-refractivity contribution in [3.8, 4) is 11.5 Å². The first-order valence-corrected chi connectivity index (χ1v) is 9.46. The summed E-state index contributed by atoms with van der Waals surface area (Å²) >= 11 is 5.96. The molecule has 1 aliphatic heterocycles. The second-order valence-electron chi connectivity index (χ2n) is 6.76. The van der Waals surface area contributed by atoms with Crippen molar-refractivity contribution in [2.45, 2.75) is 19.4 Å². The van der Waals surface area contributed by atoms with E-state index in [4.69, 9.17) is 21.1 Å². The van der Waals surface area contributed by atoms with Crippen LogP contribution >= 0.6 is 11.6 Å². The second-order valence-corrected chi connectivity index (χ2v) is 7.19. The summed E-state index contributed by atoms with van der Waals surface area (Å²) in [5, 5.41) is 3.75. The van der Waals surface area contributed by atoms with Crippen LogP contribution in [-0.4, -0.2) is 38.1 Å². The van der Waals surface area contributed by atoms with E-state index in [1.54, 1.807) is 20.3 Å². The van der Waals surface area contributed by atoms with Crippen LogP contribution in [0.1, 0.15) is 18.4 Å². The highest BCUT2D eigenvalue weighted by Gasteiger charge is 2.26. The molecular weight excluding hydrogens is 364 g/mol. The quantitative estimate of drug-likeness (QED) is 0.805. The first-order chi connectivity index (χ1) is 13.1. The molecule has 0 radical (unpaired) electrons. The van der Waals surface area contributed by atoms with Gasteiger partial charge in [0, 0.05) is 24.2 Å². The fourth-order valence-corrected chi connectivity index (χ4v) is 3.52. The zero-order valence-electron chi connectivity index (χ0n) is 15.7. The summed E-state index contributed by atoms with van der Waals surface area (Å²) in [6.45, 7) is 2.57. The Balaban J connectivity index is 1.62.